The van der Waals surface area contributed by atoms with Crippen LogP contribution in [0.5, 0.6) is 0 Å². The Bertz CT molecular complexity index is 685. The molecule has 0 aliphatic carbocycles. The number of alkyl halides is 5. The van der Waals surface area contributed by atoms with E-state index in [0.29, 0.717) is 6.07 Å². The van der Waals surface area contributed by atoms with Gasteiger partial charge in [0.15, 0.2) is 0 Å². The Morgan fingerprint density at radius 1 is 1.05 bits per heavy atom. The smallest absolute Gasteiger partial charge is 0.422 e. The van der Waals surface area contributed by atoms with Gasteiger partial charge in [-0.2, -0.15) is 22.0 Å². The number of fused-ring (bicyclic) bond motifs is 1. The molecule has 2 aromatic rings. The predicted molar refractivity (Wildman–Crippen MR) is 57.2 cm³/mol. The Hall–Kier alpha value is -1.92. The largest absolute Gasteiger partial charge is 0.458 e. The van der Waals surface area contributed by atoms with Gasteiger partial charge in [0.25, 0.3) is 0 Å². The van der Waals surface area contributed by atoms with Crippen molar-refractivity contribution in [2.24, 2.45) is 0 Å². The summed E-state index contributed by atoms with van der Waals surface area (Å²) in [6.07, 6.45) is -5.76. The van der Waals surface area contributed by atoms with E-state index in [9.17, 15) is 26.7 Å². The van der Waals surface area contributed by atoms with Crippen LogP contribution in [0.25, 0.3) is 11.0 Å². The Balaban J connectivity index is 2.86. The molecule has 0 saturated carbocycles. The molecule has 2 rings (SSSR count). The highest BCUT2D eigenvalue weighted by Crippen LogP contribution is 2.46. The topological polar surface area (TPSA) is 30.2 Å². The van der Waals surface area contributed by atoms with E-state index in [2.05, 4.69) is 4.42 Å². The van der Waals surface area contributed by atoms with Gasteiger partial charge in [-0.05, 0) is 30.7 Å². The maximum absolute atomic E-state index is 13.4. The molecule has 0 amide bonds. The molecule has 1 aromatic heterocycles. The molecule has 1 aromatic carbocycles. The summed E-state index contributed by atoms with van der Waals surface area (Å²) in [5, 5.41) is 0.0125. The number of halogens is 5. The standard InChI is InChI=1S/C12H7F5O2/c1-6-4-7-2-3-9(18)19-10(7)8(5-6)11(13,14)12(15,16)17/h2-5H,1H3. The van der Waals surface area contributed by atoms with Crippen molar-refractivity contribution < 1.29 is 26.4 Å². The summed E-state index contributed by atoms with van der Waals surface area (Å²) in [4.78, 5) is 11.0. The van der Waals surface area contributed by atoms with Gasteiger partial charge in [0.1, 0.15) is 5.58 Å². The van der Waals surface area contributed by atoms with Crippen molar-refractivity contribution in [1.29, 1.82) is 0 Å². The minimum Gasteiger partial charge on any atom is -0.422 e. The van der Waals surface area contributed by atoms with Gasteiger partial charge in [0.2, 0.25) is 0 Å². The van der Waals surface area contributed by atoms with Crippen molar-refractivity contribution in [2.45, 2.75) is 19.0 Å². The Morgan fingerprint density at radius 3 is 2.26 bits per heavy atom. The average molecular weight is 278 g/mol. The zero-order valence-corrected chi connectivity index (χ0v) is 9.52. The average Bonchev–Trinajstić information content (AvgIpc) is 2.27. The van der Waals surface area contributed by atoms with Crippen molar-refractivity contribution in [3.63, 3.8) is 0 Å². The van der Waals surface area contributed by atoms with Crippen molar-refractivity contribution in [3.8, 4) is 0 Å². The first-order valence-corrected chi connectivity index (χ1v) is 5.12. The molecule has 0 aliphatic heterocycles. The minimum atomic E-state index is -5.76. The van der Waals surface area contributed by atoms with Crippen molar-refractivity contribution in [1.82, 2.24) is 0 Å². The molecule has 0 spiro atoms. The number of benzene rings is 1. The zero-order chi connectivity index (χ0) is 14.4. The summed E-state index contributed by atoms with van der Waals surface area (Å²) in [6.45, 7) is 1.38. The molecule has 0 bridgehead atoms. The van der Waals surface area contributed by atoms with Crippen LogP contribution in [0.15, 0.2) is 33.5 Å². The van der Waals surface area contributed by atoms with Gasteiger partial charge in [-0.1, -0.05) is 0 Å². The Labute approximate surface area is 103 Å². The third kappa shape index (κ3) is 2.20. The molecule has 0 N–H and O–H groups in total. The summed E-state index contributed by atoms with van der Waals surface area (Å²) >= 11 is 0. The molecule has 0 aliphatic rings. The van der Waals surface area contributed by atoms with E-state index in [0.717, 1.165) is 12.1 Å². The number of aryl methyl sites for hydroxylation is 1. The highest BCUT2D eigenvalue weighted by Gasteiger charge is 2.60. The van der Waals surface area contributed by atoms with Gasteiger partial charge >= 0.3 is 17.7 Å². The van der Waals surface area contributed by atoms with E-state index in [1.807, 2.05) is 0 Å². The highest BCUT2D eigenvalue weighted by atomic mass is 19.4. The molecule has 7 heteroatoms. The first-order chi connectivity index (χ1) is 8.63. The first-order valence-electron chi connectivity index (χ1n) is 5.12. The molecule has 2 nitrogen and oxygen atoms in total. The molecule has 0 saturated heterocycles. The quantitative estimate of drug-likeness (QED) is 0.587. The normalized spacial score (nSPS) is 12.9. The summed E-state index contributed by atoms with van der Waals surface area (Å²) in [6, 6.07) is 4.12. The molecule has 19 heavy (non-hydrogen) atoms. The summed E-state index contributed by atoms with van der Waals surface area (Å²) in [7, 11) is 0. The second-order valence-corrected chi connectivity index (χ2v) is 4.06. The second kappa shape index (κ2) is 4.04. The summed E-state index contributed by atoms with van der Waals surface area (Å²) < 4.78 is 68.6. The van der Waals surface area contributed by atoms with Crippen LogP contribution < -0.4 is 5.63 Å². The monoisotopic (exact) mass is 278 g/mol. The van der Waals surface area contributed by atoms with Crippen LogP contribution >= 0.6 is 0 Å². The molecular formula is C12H7F5O2. The maximum Gasteiger partial charge on any atom is 0.458 e. The van der Waals surface area contributed by atoms with E-state index in [4.69, 9.17) is 0 Å². The van der Waals surface area contributed by atoms with Gasteiger partial charge in [-0.15, -0.1) is 0 Å². The highest BCUT2D eigenvalue weighted by molar-refractivity contribution is 5.81. The van der Waals surface area contributed by atoms with E-state index in [1.165, 1.54) is 13.0 Å². The van der Waals surface area contributed by atoms with Crippen LogP contribution in [0.2, 0.25) is 0 Å². The second-order valence-electron chi connectivity index (χ2n) is 4.06. The fourth-order valence-corrected chi connectivity index (χ4v) is 1.72. The van der Waals surface area contributed by atoms with Gasteiger partial charge in [-0.3, -0.25) is 0 Å². The molecule has 0 unspecified atom stereocenters. The van der Waals surface area contributed by atoms with Crippen LogP contribution in [0.4, 0.5) is 22.0 Å². The number of rotatable bonds is 1. The van der Waals surface area contributed by atoms with Gasteiger partial charge in [-0.25, -0.2) is 4.79 Å². The minimum absolute atomic E-state index is 0.0125. The van der Waals surface area contributed by atoms with E-state index in [1.54, 1.807) is 0 Å². The molecule has 102 valence electrons. The molecule has 1 heterocycles. The van der Waals surface area contributed by atoms with E-state index >= 15 is 0 Å². The molecule has 0 atom stereocenters. The van der Waals surface area contributed by atoms with Crippen LogP contribution in [0, 0.1) is 6.92 Å². The van der Waals surface area contributed by atoms with Crippen LogP contribution in [0.3, 0.4) is 0 Å². The number of hydrogen-bond donors (Lipinski definition) is 0. The summed E-state index contributed by atoms with van der Waals surface area (Å²) in [5.41, 5.74) is -2.89. The molecular weight excluding hydrogens is 271 g/mol. The number of hydrogen-bond acceptors (Lipinski definition) is 2. The van der Waals surface area contributed by atoms with E-state index in [-0.39, 0.29) is 10.9 Å². The van der Waals surface area contributed by atoms with Crippen LogP contribution in [0.1, 0.15) is 11.1 Å². The molecule has 0 fully saturated rings. The van der Waals surface area contributed by atoms with Gasteiger partial charge < -0.3 is 4.42 Å². The first kappa shape index (κ1) is 13.5. The SMILES string of the molecule is Cc1cc(C(F)(F)C(F)(F)F)c2oc(=O)ccc2c1. The fraction of sp³-hybridized carbons (Fsp3) is 0.250. The third-order valence-electron chi connectivity index (χ3n) is 2.56. The lowest BCUT2D eigenvalue weighted by Gasteiger charge is -2.20. The lowest BCUT2D eigenvalue weighted by molar-refractivity contribution is -0.289. The van der Waals surface area contributed by atoms with Crippen LogP contribution in [-0.2, 0) is 5.92 Å². The lowest BCUT2D eigenvalue weighted by atomic mass is 10.0. The Morgan fingerprint density at radius 2 is 1.68 bits per heavy atom. The summed E-state index contributed by atoms with van der Waals surface area (Å²) in [5.74, 6) is -5.09. The Kier molecular flexibility index (Phi) is 2.87. The maximum atomic E-state index is 13.4. The van der Waals surface area contributed by atoms with Crippen LogP contribution in [-0.4, -0.2) is 6.18 Å². The van der Waals surface area contributed by atoms with Gasteiger partial charge in [0.05, 0.1) is 5.56 Å². The zero-order valence-electron chi connectivity index (χ0n) is 9.52. The van der Waals surface area contributed by atoms with Crippen molar-refractivity contribution in [3.05, 3.63) is 45.8 Å². The van der Waals surface area contributed by atoms with Crippen molar-refractivity contribution >= 4 is 11.0 Å². The third-order valence-corrected chi connectivity index (χ3v) is 2.56. The fourth-order valence-electron chi connectivity index (χ4n) is 1.72. The predicted octanol–water partition coefficient (Wildman–Crippen LogP) is 3.76. The molecule has 0 radical (unpaired) electrons. The van der Waals surface area contributed by atoms with E-state index < -0.39 is 28.9 Å². The van der Waals surface area contributed by atoms with Gasteiger partial charge in [0, 0.05) is 11.5 Å². The lowest BCUT2D eigenvalue weighted by Crippen LogP contribution is -2.34. The van der Waals surface area contributed by atoms with Crippen molar-refractivity contribution in [2.75, 3.05) is 0 Å².